The average molecular weight is 315 g/mol. The Bertz CT molecular complexity index is 349. The van der Waals surface area contributed by atoms with Crippen molar-refractivity contribution in [1.29, 1.82) is 0 Å². The molecular weight excluding hydrogens is 286 g/mol. The summed E-state index contributed by atoms with van der Waals surface area (Å²) >= 11 is 0. The topological polar surface area (TPSA) is 62.3 Å². The van der Waals surface area contributed by atoms with Crippen molar-refractivity contribution in [2.75, 3.05) is 67.7 Å². The molecule has 1 heterocycles. The summed E-state index contributed by atoms with van der Waals surface area (Å²) in [6.45, 7) is 3.50. The van der Waals surface area contributed by atoms with Crippen molar-refractivity contribution in [2.24, 2.45) is 0 Å². The Morgan fingerprint density at radius 1 is 1.05 bits per heavy atom. The first-order valence-electron chi connectivity index (χ1n) is 7.73. The van der Waals surface area contributed by atoms with Crippen LogP contribution >= 0.6 is 0 Å². The number of amides is 2. The highest BCUT2D eigenvalue weighted by Crippen LogP contribution is 2.14. The van der Waals surface area contributed by atoms with Gasteiger partial charge < -0.3 is 24.2 Å². The fraction of sp³-hybridized carbons (Fsp3) is 0.867. The number of carbonyl (C=O) groups excluding carboxylic acids is 2. The molecule has 128 valence electrons. The molecule has 0 spiro atoms. The van der Waals surface area contributed by atoms with E-state index < -0.39 is 11.8 Å². The number of hydrogen-bond acceptors (Lipinski definition) is 5. The first-order chi connectivity index (χ1) is 10.5. The van der Waals surface area contributed by atoms with Gasteiger partial charge in [0.1, 0.15) is 0 Å². The summed E-state index contributed by atoms with van der Waals surface area (Å²) in [5, 5.41) is 0. The zero-order valence-corrected chi connectivity index (χ0v) is 14.2. The van der Waals surface area contributed by atoms with Gasteiger partial charge in [-0.1, -0.05) is 0 Å². The third-order valence-electron chi connectivity index (χ3n) is 4.16. The minimum atomic E-state index is -0.476. The number of carbonyl (C=O) groups is 2. The maximum absolute atomic E-state index is 12.4. The molecule has 0 aromatic carbocycles. The predicted molar refractivity (Wildman–Crippen MR) is 83.6 cm³/mol. The second-order valence-corrected chi connectivity index (χ2v) is 5.73. The molecule has 0 aromatic rings. The lowest BCUT2D eigenvalue weighted by Crippen LogP contribution is -2.51. The zero-order chi connectivity index (χ0) is 16.5. The predicted octanol–water partition coefficient (Wildman–Crippen LogP) is -0.340. The molecule has 7 heteroatoms. The maximum atomic E-state index is 12.4. The van der Waals surface area contributed by atoms with Gasteiger partial charge in [0.05, 0.1) is 13.2 Å². The minimum absolute atomic E-state index is 0.138. The Hall–Kier alpha value is -1.18. The van der Waals surface area contributed by atoms with E-state index in [2.05, 4.69) is 11.9 Å². The number of nitrogens with zero attached hydrogens (tertiary/aromatic N) is 3. The van der Waals surface area contributed by atoms with Crippen LogP contribution < -0.4 is 0 Å². The van der Waals surface area contributed by atoms with E-state index in [1.165, 1.54) is 4.90 Å². The summed E-state index contributed by atoms with van der Waals surface area (Å²) in [4.78, 5) is 30.2. The summed E-state index contributed by atoms with van der Waals surface area (Å²) in [6.07, 6.45) is 1.81. The fourth-order valence-corrected chi connectivity index (χ4v) is 2.55. The van der Waals surface area contributed by atoms with E-state index in [1.54, 1.807) is 26.2 Å². The lowest BCUT2D eigenvalue weighted by molar-refractivity contribution is -0.153. The van der Waals surface area contributed by atoms with Gasteiger partial charge in [0.2, 0.25) is 0 Å². The minimum Gasteiger partial charge on any atom is -0.383 e. The molecule has 0 atom stereocenters. The number of hydrogen-bond donors (Lipinski definition) is 0. The van der Waals surface area contributed by atoms with E-state index in [0.717, 1.165) is 25.9 Å². The third kappa shape index (κ3) is 5.55. The van der Waals surface area contributed by atoms with Crippen molar-refractivity contribution >= 4 is 11.8 Å². The van der Waals surface area contributed by atoms with E-state index in [9.17, 15) is 9.59 Å². The van der Waals surface area contributed by atoms with E-state index in [1.807, 2.05) is 0 Å². The van der Waals surface area contributed by atoms with Crippen LogP contribution in [-0.2, 0) is 19.1 Å². The van der Waals surface area contributed by atoms with Crippen LogP contribution in [-0.4, -0.2) is 100 Å². The average Bonchev–Trinajstić information content (AvgIpc) is 2.53. The molecule has 1 saturated heterocycles. The number of rotatable bonds is 7. The highest BCUT2D eigenvalue weighted by molar-refractivity contribution is 6.34. The second-order valence-electron chi connectivity index (χ2n) is 5.73. The molecule has 0 unspecified atom stereocenters. The Morgan fingerprint density at radius 2 is 1.55 bits per heavy atom. The number of likely N-dealkylation sites (N-methyl/N-ethyl adjacent to an activating group) is 1. The fourth-order valence-electron chi connectivity index (χ4n) is 2.55. The standard InChI is InChI=1S/C15H29N3O4/c1-16-7-5-13(6-8-16)17(2)14(19)15(20)18(9-11-21-3)10-12-22-4/h13H,5-12H2,1-4H3. The summed E-state index contributed by atoms with van der Waals surface area (Å²) in [5.41, 5.74) is 0. The maximum Gasteiger partial charge on any atom is 0.312 e. The van der Waals surface area contributed by atoms with Crippen LogP contribution in [0.15, 0.2) is 0 Å². The molecule has 2 amide bonds. The molecule has 0 N–H and O–H groups in total. The Morgan fingerprint density at radius 3 is 2.00 bits per heavy atom. The van der Waals surface area contributed by atoms with Gasteiger partial charge in [0, 0.05) is 40.4 Å². The number of likely N-dealkylation sites (tertiary alicyclic amines) is 1. The van der Waals surface area contributed by atoms with Gasteiger partial charge in [-0.2, -0.15) is 0 Å². The number of methoxy groups -OCH3 is 2. The summed E-state index contributed by atoms with van der Waals surface area (Å²) in [5.74, 6) is -0.919. The van der Waals surface area contributed by atoms with Crippen molar-refractivity contribution in [3.05, 3.63) is 0 Å². The van der Waals surface area contributed by atoms with Crippen LogP contribution in [0.3, 0.4) is 0 Å². The number of ether oxygens (including phenoxy) is 2. The van der Waals surface area contributed by atoms with Crippen LogP contribution in [0, 0.1) is 0 Å². The van der Waals surface area contributed by atoms with E-state index >= 15 is 0 Å². The van der Waals surface area contributed by atoms with Crippen molar-refractivity contribution in [2.45, 2.75) is 18.9 Å². The van der Waals surface area contributed by atoms with Crippen molar-refractivity contribution in [1.82, 2.24) is 14.7 Å². The van der Waals surface area contributed by atoms with Crippen LogP contribution in [0.25, 0.3) is 0 Å². The van der Waals surface area contributed by atoms with Crippen molar-refractivity contribution < 1.29 is 19.1 Å². The van der Waals surface area contributed by atoms with Gasteiger partial charge in [-0.3, -0.25) is 9.59 Å². The molecule has 7 nitrogen and oxygen atoms in total. The molecule has 1 aliphatic heterocycles. The quantitative estimate of drug-likeness (QED) is 0.602. The van der Waals surface area contributed by atoms with Crippen molar-refractivity contribution in [3.63, 3.8) is 0 Å². The van der Waals surface area contributed by atoms with E-state index in [0.29, 0.717) is 26.3 Å². The SMILES string of the molecule is COCCN(CCOC)C(=O)C(=O)N(C)C1CCN(C)CC1. The molecule has 1 rings (SSSR count). The second kappa shape index (κ2) is 9.76. The monoisotopic (exact) mass is 315 g/mol. The van der Waals surface area contributed by atoms with Crippen molar-refractivity contribution in [3.8, 4) is 0 Å². The lowest BCUT2D eigenvalue weighted by atomic mass is 10.0. The molecule has 0 bridgehead atoms. The molecule has 1 aliphatic rings. The Labute approximate surface area is 133 Å². The lowest BCUT2D eigenvalue weighted by Gasteiger charge is -2.35. The Balaban J connectivity index is 2.60. The van der Waals surface area contributed by atoms with E-state index in [-0.39, 0.29) is 6.04 Å². The third-order valence-corrected chi connectivity index (χ3v) is 4.16. The van der Waals surface area contributed by atoms with Gasteiger partial charge in [0.25, 0.3) is 0 Å². The first kappa shape index (κ1) is 18.9. The summed E-state index contributed by atoms with van der Waals surface area (Å²) < 4.78 is 10.0. The molecule has 22 heavy (non-hydrogen) atoms. The smallest absolute Gasteiger partial charge is 0.312 e. The van der Waals surface area contributed by atoms with Gasteiger partial charge >= 0.3 is 11.8 Å². The van der Waals surface area contributed by atoms with Gasteiger partial charge in [-0.05, 0) is 33.0 Å². The van der Waals surface area contributed by atoms with Gasteiger partial charge in [-0.15, -0.1) is 0 Å². The number of piperidine rings is 1. The zero-order valence-electron chi connectivity index (χ0n) is 14.2. The van der Waals surface area contributed by atoms with Crippen LogP contribution in [0.5, 0.6) is 0 Å². The van der Waals surface area contributed by atoms with E-state index in [4.69, 9.17) is 9.47 Å². The normalized spacial score (nSPS) is 16.5. The summed E-state index contributed by atoms with van der Waals surface area (Å²) in [7, 11) is 6.94. The largest absolute Gasteiger partial charge is 0.383 e. The first-order valence-corrected chi connectivity index (χ1v) is 7.73. The van der Waals surface area contributed by atoms with Gasteiger partial charge in [-0.25, -0.2) is 0 Å². The highest BCUT2D eigenvalue weighted by Gasteiger charge is 2.30. The van der Waals surface area contributed by atoms with Crippen LogP contribution in [0.4, 0.5) is 0 Å². The molecule has 0 aliphatic carbocycles. The van der Waals surface area contributed by atoms with Crippen LogP contribution in [0.2, 0.25) is 0 Å². The molecule has 0 aromatic heterocycles. The van der Waals surface area contributed by atoms with Gasteiger partial charge in [0.15, 0.2) is 0 Å². The summed E-state index contributed by atoms with van der Waals surface area (Å²) in [6, 6.07) is 0.138. The Kier molecular flexibility index (Phi) is 8.37. The molecular formula is C15H29N3O4. The highest BCUT2D eigenvalue weighted by atomic mass is 16.5. The molecule has 1 fully saturated rings. The molecule has 0 saturated carbocycles. The molecule has 0 radical (unpaired) electrons. The van der Waals surface area contributed by atoms with Crippen LogP contribution in [0.1, 0.15) is 12.8 Å².